The number of phenols is 1. The van der Waals surface area contributed by atoms with Crippen LogP contribution in [0.15, 0.2) is 59.5 Å². The highest BCUT2D eigenvalue weighted by Gasteiger charge is 2.21. The molecule has 0 bridgehead atoms. The quantitative estimate of drug-likeness (QED) is 0.570. The lowest BCUT2D eigenvalue weighted by Gasteiger charge is -2.07. The van der Waals surface area contributed by atoms with Crippen LogP contribution in [0.1, 0.15) is 12.1 Å². The Morgan fingerprint density at radius 2 is 1.67 bits per heavy atom. The summed E-state index contributed by atoms with van der Waals surface area (Å²) in [5, 5.41) is 15.4. The number of nitrogens with zero attached hydrogens (tertiary/aromatic N) is 2. The van der Waals surface area contributed by atoms with Crippen LogP contribution < -0.4 is 0 Å². The predicted octanol–water partition coefficient (Wildman–Crippen LogP) is 4.23. The summed E-state index contributed by atoms with van der Waals surface area (Å²) < 4.78 is 51.7. The Bertz CT molecular complexity index is 1280. The first-order valence-corrected chi connectivity index (χ1v) is 9.88. The van der Waals surface area contributed by atoms with Gasteiger partial charge in [0, 0.05) is 17.0 Å². The zero-order valence-electron chi connectivity index (χ0n) is 14.1. The first-order valence-electron chi connectivity index (χ1n) is 7.99. The van der Waals surface area contributed by atoms with Crippen LogP contribution in [0.3, 0.4) is 0 Å². The predicted molar refractivity (Wildman–Crippen MR) is 98.3 cm³/mol. The van der Waals surface area contributed by atoms with Gasteiger partial charge in [-0.15, -0.1) is 0 Å². The Morgan fingerprint density at radius 3 is 2.30 bits per heavy atom. The smallest absolute Gasteiger partial charge is 0.282 e. The normalized spacial score (nSPS) is 12.3. The van der Waals surface area contributed by atoms with Gasteiger partial charge < -0.3 is 5.11 Å². The van der Waals surface area contributed by atoms with Gasteiger partial charge in [-0.2, -0.15) is 5.10 Å². The van der Waals surface area contributed by atoms with E-state index in [0.717, 1.165) is 6.26 Å². The lowest BCUT2D eigenvalue weighted by Crippen LogP contribution is -2.00. The lowest BCUT2D eigenvalue weighted by atomic mass is 10.1. The van der Waals surface area contributed by atoms with E-state index in [0.29, 0.717) is 27.4 Å². The van der Waals surface area contributed by atoms with Crippen molar-refractivity contribution in [1.29, 1.82) is 0 Å². The van der Waals surface area contributed by atoms with Gasteiger partial charge in [-0.3, -0.25) is 0 Å². The fourth-order valence-electron chi connectivity index (χ4n) is 3.13. The molecule has 8 heteroatoms. The molecule has 138 valence electrons. The lowest BCUT2D eigenvalue weighted by molar-refractivity contribution is 0.147. The Kier molecular flexibility index (Phi) is 3.88. The molecular weight excluding hydrogens is 374 g/mol. The molecule has 0 unspecified atom stereocenters. The molecule has 0 saturated heterocycles. The summed E-state index contributed by atoms with van der Waals surface area (Å²) in [5.74, 6) is 0.0690. The van der Waals surface area contributed by atoms with Crippen LogP contribution in [0, 0.1) is 0 Å². The number of halogens is 2. The summed E-state index contributed by atoms with van der Waals surface area (Å²) >= 11 is 0. The summed E-state index contributed by atoms with van der Waals surface area (Å²) in [5.41, 5.74) is 0.571. The zero-order valence-corrected chi connectivity index (χ0v) is 14.9. The van der Waals surface area contributed by atoms with Crippen LogP contribution in [0.4, 0.5) is 8.78 Å². The van der Waals surface area contributed by atoms with Crippen LogP contribution >= 0.6 is 0 Å². The van der Waals surface area contributed by atoms with E-state index in [1.165, 1.54) is 35.0 Å². The second-order valence-electron chi connectivity index (χ2n) is 6.23. The molecule has 4 aromatic rings. The molecule has 0 aliphatic heterocycles. The van der Waals surface area contributed by atoms with E-state index in [-0.39, 0.29) is 16.3 Å². The first-order chi connectivity index (χ1) is 12.8. The molecular formula is C19H14F2N2O3S. The molecule has 27 heavy (non-hydrogen) atoms. The maximum Gasteiger partial charge on any atom is 0.282 e. The number of hydrogen-bond donors (Lipinski definition) is 1. The van der Waals surface area contributed by atoms with Gasteiger partial charge in [-0.05, 0) is 47.9 Å². The number of alkyl halides is 2. The van der Waals surface area contributed by atoms with Gasteiger partial charge in [0.15, 0.2) is 9.84 Å². The highest BCUT2D eigenvalue weighted by Crippen LogP contribution is 2.35. The average molecular weight is 388 g/mol. The van der Waals surface area contributed by atoms with Crippen LogP contribution in [0.5, 0.6) is 5.75 Å². The van der Waals surface area contributed by atoms with E-state index in [4.69, 9.17) is 0 Å². The van der Waals surface area contributed by atoms with Crippen LogP contribution in [0.2, 0.25) is 0 Å². The molecule has 5 nitrogen and oxygen atoms in total. The number of fused-ring (bicyclic) bond motifs is 3. The number of hydrogen-bond acceptors (Lipinski definition) is 4. The Labute approximate surface area is 153 Å². The largest absolute Gasteiger partial charge is 0.508 e. The van der Waals surface area contributed by atoms with Crippen molar-refractivity contribution in [2.75, 3.05) is 6.26 Å². The molecule has 4 rings (SSSR count). The van der Waals surface area contributed by atoms with Gasteiger partial charge in [-0.1, -0.05) is 12.1 Å². The van der Waals surface area contributed by atoms with E-state index in [9.17, 15) is 22.3 Å². The Morgan fingerprint density at radius 1 is 1.00 bits per heavy atom. The summed E-state index contributed by atoms with van der Waals surface area (Å²) in [4.78, 5) is 0.131. The van der Waals surface area contributed by atoms with Gasteiger partial charge >= 0.3 is 0 Å². The van der Waals surface area contributed by atoms with Gasteiger partial charge in [0.2, 0.25) is 0 Å². The first kappa shape index (κ1) is 17.4. The topological polar surface area (TPSA) is 72.2 Å². The molecule has 0 aliphatic rings. The fraction of sp³-hybridized carbons (Fsp3) is 0.105. The van der Waals surface area contributed by atoms with E-state index in [1.807, 2.05) is 0 Å². The highest BCUT2D eigenvalue weighted by molar-refractivity contribution is 7.90. The third-order valence-corrected chi connectivity index (χ3v) is 5.52. The number of aromatic nitrogens is 2. The summed E-state index contributed by atoms with van der Waals surface area (Å²) in [7, 11) is -3.37. The molecule has 1 N–H and O–H groups in total. The van der Waals surface area contributed by atoms with Crippen molar-refractivity contribution >= 4 is 31.5 Å². The van der Waals surface area contributed by atoms with Crippen molar-refractivity contribution in [3.63, 3.8) is 0 Å². The molecule has 0 aliphatic carbocycles. The minimum absolute atomic E-state index is 0.0690. The van der Waals surface area contributed by atoms with Crippen LogP contribution in [-0.2, 0) is 9.84 Å². The van der Waals surface area contributed by atoms with Gasteiger partial charge in [-0.25, -0.2) is 21.9 Å². The van der Waals surface area contributed by atoms with Crippen molar-refractivity contribution < 1.29 is 22.3 Å². The molecule has 0 spiro atoms. The summed E-state index contributed by atoms with van der Waals surface area (Å²) in [6, 6.07) is 13.7. The second-order valence-corrected chi connectivity index (χ2v) is 8.25. The van der Waals surface area contributed by atoms with Crippen molar-refractivity contribution in [1.82, 2.24) is 9.78 Å². The van der Waals surface area contributed by atoms with Gasteiger partial charge in [0.25, 0.3) is 6.43 Å². The molecule has 0 fully saturated rings. The molecule has 0 radical (unpaired) electrons. The maximum atomic E-state index is 13.5. The number of phenolic OH excluding ortho intramolecular Hbond substituents is 1. The van der Waals surface area contributed by atoms with E-state index >= 15 is 0 Å². The standard InChI is InChI=1S/C19H14F2N2O3S/c1-27(25,26)14-6-3-12(4-7-14)23-18-15-9-5-13(24)10-11(15)2-8-16(18)17(22-23)19(20)21/h2-10,19,24H,1H3. The molecule has 0 saturated carbocycles. The van der Waals surface area contributed by atoms with Crippen LogP contribution in [-0.4, -0.2) is 29.6 Å². The Hall–Kier alpha value is -3.00. The monoisotopic (exact) mass is 388 g/mol. The Balaban J connectivity index is 2.04. The average Bonchev–Trinajstić information content (AvgIpc) is 3.01. The van der Waals surface area contributed by atoms with Crippen molar-refractivity contribution in [2.24, 2.45) is 0 Å². The van der Waals surface area contributed by atoms with E-state index in [1.54, 1.807) is 24.3 Å². The van der Waals surface area contributed by atoms with E-state index < -0.39 is 16.3 Å². The SMILES string of the molecule is CS(=O)(=O)c1ccc(-n2nc(C(F)F)c3ccc4cc(O)ccc4c32)cc1. The number of sulfone groups is 1. The fourth-order valence-corrected chi connectivity index (χ4v) is 3.76. The maximum absolute atomic E-state index is 13.5. The zero-order chi connectivity index (χ0) is 19.3. The van der Waals surface area contributed by atoms with E-state index in [2.05, 4.69) is 5.10 Å². The molecule has 1 heterocycles. The number of benzene rings is 3. The number of rotatable bonds is 3. The molecule has 0 amide bonds. The third-order valence-electron chi connectivity index (χ3n) is 4.39. The van der Waals surface area contributed by atoms with Crippen molar-refractivity contribution in [3.8, 4) is 11.4 Å². The third kappa shape index (κ3) is 2.91. The molecule has 0 atom stereocenters. The highest BCUT2D eigenvalue weighted by atomic mass is 32.2. The number of aromatic hydroxyl groups is 1. The van der Waals surface area contributed by atoms with Crippen molar-refractivity contribution in [2.45, 2.75) is 11.3 Å². The second kappa shape index (κ2) is 6.02. The summed E-state index contributed by atoms with van der Waals surface area (Å²) in [6.45, 7) is 0. The van der Waals surface area contributed by atoms with Gasteiger partial charge in [0.1, 0.15) is 11.4 Å². The minimum Gasteiger partial charge on any atom is -0.508 e. The minimum atomic E-state index is -3.37. The van der Waals surface area contributed by atoms with Crippen LogP contribution in [0.25, 0.3) is 27.4 Å². The molecule has 3 aromatic carbocycles. The molecule has 1 aromatic heterocycles. The summed E-state index contributed by atoms with van der Waals surface area (Å²) in [6.07, 6.45) is -1.67. The van der Waals surface area contributed by atoms with Gasteiger partial charge in [0.05, 0.1) is 16.1 Å². The van der Waals surface area contributed by atoms with Crippen molar-refractivity contribution in [3.05, 3.63) is 60.3 Å².